The minimum absolute atomic E-state index is 0.459. The molecule has 3 aromatic rings. The predicted octanol–water partition coefficient (Wildman–Crippen LogP) is 1.06. The van der Waals surface area contributed by atoms with Crippen molar-refractivity contribution in [3.63, 3.8) is 0 Å². The smallest absolute Gasteiger partial charge is 0.405 e. The molecule has 14 heavy (non-hydrogen) atoms. The second-order valence-electron chi connectivity index (χ2n) is 2.89. The van der Waals surface area contributed by atoms with E-state index in [1.54, 1.807) is 18.5 Å². The topological polar surface area (TPSA) is 71.8 Å². The molecule has 0 atom stereocenters. The summed E-state index contributed by atoms with van der Waals surface area (Å²) in [4.78, 5) is 21.7. The van der Waals surface area contributed by atoms with Gasteiger partial charge in [-0.2, -0.15) is 0 Å². The molecule has 5 heteroatoms. The summed E-state index contributed by atoms with van der Waals surface area (Å²) in [5.74, 6) is -0.486. The van der Waals surface area contributed by atoms with Crippen LogP contribution in [0.2, 0.25) is 0 Å². The van der Waals surface area contributed by atoms with Crippen LogP contribution in [-0.4, -0.2) is 15.0 Å². The van der Waals surface area contributed by atoms with E-state index in [0.29, 0.717) is 22.1 Å². The fourth-order valence-electron chi connectivity index (χ4n) is 1.42. The molecule has 3 aromatic heterocycles. The van der Waals surface area contributed by atoms with E-state index in [1.807, 2.05) is 6.07 Å². The van der Waals surface area contributed by atoms with Crippen molar-refractivity contribution in [1.82, 2.24) is 15.0 Å². The number of aromatic amines is 1. The number of hydrogen-bond donors (Lipinski definition) is 1. The lowest BCUT2D eigenvalue weighted by Crippen LogP contribution is -1.92. The van der Waals surface area contributed by atoms with Crippen molar-refractivity contribution in [2.45, 2.75) is 0 Å². The molecule has 0 radical (unpaired) electrons. The second kappa shape index (κ2) is 2.41. The summed E-state index contributed by atoms with van der Waals surface area (Å²) >= 11 is 0. The van der Waals surface area contributed by atoms with Gasteiger partial charge in [-0.25, -0.2) is 4.79 Å². The summed E-state index contributed by atoms with van der Waals surface area (Å²) in [6, 6.07) is 3.60. The molecule has 0 amide bonds. The van der Waals surface area contributed by atoms with Gasteiger partial charge in [0.2, 0.25) is 0 Å². The van der Waals surface area contributed by atoms with Crippen molar-refractivity contribution < 1.29 is 4.42 Å². The number of hydrogen-bond acceptors (Lipinski definition) is 4. The first-order chi connectivity index (χ1) is 6.84. The number of pyridine rings is 2. The van der Waals surface area contributed by atoms with Crippen LogP contribution in [0, 0.1) is 0 Å². The van der Waals surface area contributed by atoms with Gasteiger partial charge in [0.15, 0.2) is 5.58 Å². The van der Waals surface area contributed by atoms with Crippen LogP contribution in [0.4, 0.5) is 0 Å². The molecule has 0 aliphatic heterocycles. The zero-order chi connectivity index (χ0) is 9.54. The van der Waals surface area contributed by atoms with Gasteiger partial charge in [-0.3, -0.25) is 15.0 Å². The fraction of sp³-hybridized carbons (Fsp3) is 0. The van der Waals surface area contributed by atoms with Gasteiger partial charge < -0.3 is 4.42 Å². The van der Waals surface area contributed by atoms with E-state index in [9.17, 15) is 4.79 Å². The summed E-state index contributed by atoms with van der Waals surface area (Å²) in [7, 11) is 0. The summed E-state index contributed by atoms with van der Waals surface area (Å²) < 4.78 is 4.97. The van der Waals surface area contributed by atoms with Crippen molar-refractivity contribution in [3.05, 3.63) is 35.1 Å². The Morgan fingerprint density at radius 2 is 2.29 bits per heavy atom. The lowest BCUT2D eigenvalue weighted by atomic mass is 10.3. The Labute approximate surface area is 77.4 Å². The lowest BCUT2D eigenvalue weighted by Gasteiger charge is -1.93. The molecule has 0 unspecified atom stereocenters. The van der Waals surface area contributed by atoms with Crippen molar-refractivity contribution in [2.75, 3.05) is 0 Å². The normalized spacial score (nSPS) is 11.1. The van der Waals surface area contributed by atoms with E-state index in [2.05, 4.69) is 15.0 Å². The van der Waals surface area contributed by atoms with Crippen LogP contribution in [0.15, 0.2) is 33.7 Å². The van der Waals surface area contributed by atoms with Crippen molar-refractivity contribution >= 4 is 22.1 Å². The average molecular weight is 187 g/mol. The van der Waals surface area contributed by atoms with Crippen LogP contribution in [-0.2, 0) is 0 Å². The zero-order valence-electron chi connectivity index (χ0n) is 7.02. The molecule has 0 spiro atoms. The molecular weight excluding hydrogens is 182 g/mol. The zero-order valence-corrected chi connectivity index (χ0v) is 7.02. The number of rotatable bonds is 0. The molecule has 0 saturated carbocycles. The third-order valence-corrected chi connectivity index (χ3v) is 2.01. The molecule has 0 saturated heterocycles. The predicted molar refractivity (Wildman–Crippen MR) is 49.9 cm³/mol. The van der Waals surface area contributed by atoms with Gasteiger partial charge >= 0.3 is 5.76 Å². The molecule has 5 nitrogen and oxygen atoms in total. The Kier molecular flexibility index (Phi) is 1.25. The molecule has 0 fully saturated rings. The molecule has 0 aromatic carbocycles. The summed E-state index contributed by atoms with van der Waals surface area (Å²) in [6.07, 6.45) is 3.20. The van der Waals surface area contributed by atoms with Gasteiger partial charge in [-0.15, -0.1) is 0 Å². The quantitative estimate of drug-likeness (QED) is 0.571. The molecule has 3 rings (SSSR count). The first kappa shape index (κ1) is 7.25. The molecular formula is C9H5N3O2. The summed E-state index contributed by atoms with van der Waals surface area (Å²) in [6.45, 7) is 0. The highest BCUT2D eigenvalue weighted by Gasteiger charge is 2.06. The van der Waals surface area contributed by atoms with Crippen molar-refractivity contribution in [3.8, 4) is 0 Å². The van der Waals surface area contributed by atoms with Crippen LogP contribution < -0.4 is 5.76 Å². The number of nitrogens with zero attached hydrogens (tertiary/aromatic N) is 2. The monoisotopic (exact) mass is 187 g/mol. The van der Waals surface area contributed by atoms with E-state index in [4.69, 9.17) is 4.42 Å². The number of nitrogens with one attached hydrogen (secondary N) is 1. The number of aromatic nitrogens is 3. The van der Waals surface area contributed by atoms with E-state index in [0.717, 1.165) is 0 Å². The van der Waals surface area contributed by atoms with E-state index in [-0.39, 0.29) is 0 Å². The summed E-state index contributed by atoms with van der Waals surface area (Å²) in [5.41, 5.74) is 2.34. The van der Waals surface area contributed by atoms with Gasteiger partial charge in [0.1, 0.15) is 11.0 Å². The SMILES string of the molecule is O=c1[nH]c2cnc3cccnc3c2o1. The Morgan fingerprint density at radius 1 is 1.36 bits per heavy atom. The van der Waals surface area contributed by atoms with Gasteiger partial charge in [-0.05, 0) is 12.1 Å². The maximum atomic E-state index is 11.0. The molecule has 0 aliphatic rings. The van der Waals surface area contributed by atoms with Gasteiger partial charge in [0.05, 0.1) is 11.7 Å². The first-order valence-electron chi connectivity index (χ1n) is 4.07. The number of H-pyrrole nitrogens is 1. The van der Waals surface area contributed by atoms with Crippen molar-refractivity contribution in [2.24, 2.45) is 0 Å². The maximum absolute atomic E-state index is 11.0. The molecule has 0 bridgehead atoms. The molecule has 68 valence electrons. The van der Waals surface area contributed by atoms with Crippen LogP contribution in [0.25, 0.3) is 22.1 Å². The highest BCUT2D eigenvalue weighted by atomic mass is 16.4. The standard InChI is InChI=1S/C9H5N3O2/c13-9-12-6-4-11-5-2-1-3-10-7(5)8(6)14-9/h1-4H,(H,12,13). The average Bonchev–Trinajstić information content (AvgIpc) is 2.59. The summed E-state index contributed by atoms with van der Waals surface area (Å²) in [5, 5.41) is 0. The molecule has 1 N–H and O–H groups in total. The third kappa shape index (κ3) is 0.861. The molecule has 3 heterocycles. The number of oxazole rings is 1. The Balaban J connectivity index is 2.66. The maximum Gasteiger partial charge on any atom is 0.417 e. The van der Waals surface area contributed by atoms with Crippen LogP contribution in [0.3, 0.4) is 0 Å². The number of fused-ring (bicyclic) bond motifs is 3. The first-order valence-corrected chi connectivity index (χ1v) is 4.07. The van der Waals surface area contributed by atoms with Crippen molar-refractivity contribution in [1.29, 1.82) is 0 Å². The second-order valence-corrected chi connectivity index (χ2v) is 2.89. The van der Waals surface area contributed by atoms with Crippen LogP contribution in [0.1, 0.15) is 0 Å². The Hall–Kier alpha value is -2.17. The fourth-order valence-corrected chi connectivity index (χ4v) is 1.42. The minimum atomic E-state index is -0.486. The third-order valence-electron chi connectivity index (χ3n) is 2.01. The van der Waals surface area contributed by atoms with Gasteiger partial charge in [-0.1, -0.05) is 0 Å². The van der Waals surface area contributed by atoms with E-state index in [1.165, 1.54) is 0 Å². The van der Waals surface area contributed by atoms with Gasteiger partial charge in [0.25, 0.3) is 0 Å². The minimum Gasteiger partial charge on any atom is -0.405 e. The molecule has 0 aliphatic carbocycles. The van der Waals surface area contributed by atoms with Crippen LogP contribution >= 0.6 is 0 Å². The lowest BCUT2D eigenvalue weighted by molar-refractivity contribution is 0.557. The van der Waals surface area contributed by atoms with Crippen LogP contribution in [0.5, 0.6) is 0 Å². The Bertz CT molecular complexity index is 668. The van der Waals surface area contributed by atoms with E-state index >= 15 is 0 Å². The van der Waals surface area contributed by atoms with Gasteiger partial charge in [0, 0.05) is 6.20 Å². The Morgan fingerprint density at radius 3 is 3.21 bits per heavy atom. The largest absolute Gasteiger partial charge is 0.417 e. The van der Waals surface area contributed by atoms with E-state index < -0.39 is 5.76 Å². The highest BCUT2D eigenvalue weighted by molar-refractivity contribution is 5.96. The highest BCUT2D eigenvalue weighted by Crippen LogP contribution is 2.17.